The van der Waals surface area contributed by atoms with Crippen molar-refractivity contribution in [1.29, 1.82) is 0 Å². The SMILES string of the molecule is CCOC(=O)Cc1ccccc1OCc1ccc(Br)c2oc(Cl)cc12. The van der Waals surface area contributed by atoms with E-state index in [-0.39, 0.29) is 12.4 Å². The van der Waals surface area contributed by atoms with Gasteiger partial charge in [-0.15, -0.1) is 0 Å². The van der Waals surface area contributed by atoms with E-state index in [0.29, 0.717) is 29.8 Å². The van der Waals surface area contributed by atoms with Gasteiger partial charge in [0.25, 0.3) is 0 Å². The molecular formula is C19H16BrClO4. The molecule has 0 unspecified atom stereocenters. The predicted octanol–water partition coefficient (Wildman–Crippen LogP) is 5.53. The quantitative estimate of drug-likeness (QED) is 0.489. The molecular weight excluding hydrogens is 408 g/mol. The van der Waals surface area contributed by atoms with Crippen LogP contribution in [0.1, 0.15) is 18.1 Å². The largest absolute Gasteiger partial charge is 0.489 e. The van der Waals surface area contributed by atoms with E-state index in [0.717, 1.165) is 21.0 Å². The van der Waals surface area contributed by atoms with Crippen molar-refractivity contribution >= 4 is 44.5 Å². The van der Waals surface area contributed by atoms with Gasteiger partial charge < -0.3 is 13.9 Å². The first-order valence-corrected chi connectivity index (χ1v) is 8.98. The van der Waals surface area contributed by atoms with E-state index in [9.17, 15) is 4.79 Å². The van der Waals surface area contributed by atoms with Gasteiger partial charge in [-0.05, 0) is 46.6 Å². The number of carbonyl (C=O) groups excluding carboxylic acids is 1. The van der Waals surface area contributed by atoms with Gasteiger partial charge in [-0.25, -0.2) is 0 Å². The van der Waals surface area contributed by atoms with Crippen molar-refractivity contribution in [1.82, 2.24) is 0 Å². The molecule has 0 aliphatic heterocycles. The first-order chi connectivity index (χ1) is 12.1. The van der Waals surface area contributed by atoms with E-state index in [4.69, 9.17) is 25.5 Å². The van der Waals surface area contributed by atoms with Gasteiger partial charge >= 0.3 is 5.97 Å². The molecule has 4 nitrogen and oxygen atoms in total. The molecule has 0 spiro atoms. The van der Waals surface area contributed by atoms with Crippen LogP contribution >= 0.6 is 27.5 Å². The lowest BCUT2D eigenvalue weighted by Gasteiger charge is -2.12. The standard InChI is InChI=1S/C19H16BrClO4/c1-2-23-18(22)9-12-5-3-4-6-16(12)24-11-13-7-8-15(20)19-14(13)10-17(21)25-19/h3-8,10H,2,9,11H2,1H3. The Balaban J connectivity index is 1.81. The molecule has 3 rings (SSSR count). The van der Waals surface area contributed by atoms with Crippen LogP contribution in [0.25, 0.3) is 11.0 Å². The summed E-state index contributed by atoms with van der Waals surface area (Å²) in [4.78, 5) is 11.7. The molecule has 25 heavy (non-hydrogen) atoms. The molecule has 1 aromatic heterocycles. The van der Waals surface area contributed by atoms with Crippen LogP contribution in [0.15, 0.2) is 51.4 Å². The van der Waals surface area contributed by atoms with Crippen molar-refractivity contribution in [2.75, 3.05) is 6.61 Å². The third kappa shape index (κ3) is 4.17. The fourth-order valence-corrected chi connectivity index (χ4v) is 3.17. The summed E-state index contributed by atoms with van der Waals surface area (Å²) < 4.78 is 17.3. The molecule has 0 aliphatic carbocycles. The molecule has 0 N–H and O–H groups in total. The van der Waals surface area contributed by atoms with Crippen molar-refractivity contribution in [3.63, 3.8) is 0 Å². The Morgan fingerprint density at radius 3 is 2.80 bits per heavy atom. The third-order valence-electron chi connectivity index (χ3n) is 3.69. The molecule has 0 fully saturated rings. The van der Waals surface area contributed by atoms with Gasteiger partial charge in [-0.3, -0.25) is 4.79 Å². The second kappa shape index (κ2) is 7.93. The second-order valence-electron chi connectivity index (χ2n) is 5.38. The van der Waals surface area contributed by atoms with E-state index in [1.807, 2.05) is 36.4 Å². The van der Waals surface area contributed by atoms with E-state index in [1.54, 1.807) is 13.0 Å². The summed E-state index contributed by atoms with van der Waals surface area (Å²) in [6, 6.07) is 13.1. The molecule has 0 amide bonds. The normalized spacial score (nSPS) is 10.8. The number of fused-ring (bicyclic) bond motifs is 1. The number of benzene rings is 2. The molecule has 0 saturated carbocycles. The zero-order valence-corrected chi connectivity index (χ0v) is 15.9. The minimum absolute atomic E-state index is 0.178. The summed E-state index contributed by atoms with van der Waals surface area (Å²) in [5.74, 6) is 0.382. The summed E-state index contributed by atoms with van der Waals surface area (Å²) >= 11 is 9.43. The third-order valence-corrected chi connectivity index (χ3v) is 4.50. The van der Waals surface area contributed by atoms with Crippen molar-refractivity contribution in [3.05, 3.63) is 63.3 Å². The summed E-state index contributed by atoms with van der Waals surface area (Å²) in [6.07, 6.45) is 0.178. The first kappa shape index (κ1) is 17.8. The van der Waals surface area contributed by atoms with Crippen LogP contribution in [0.5, 0.6) is 5.75 Å². The van der Waals surface area contributed by atoms with Crippen molar-refractivity contribution in [2.24, 2.45) is 0 Å². The Bertz CT molecular complexity index is 904. The lowest BCUT2D eigenvalue weighted by atomic mass is 10.1. The summed E-state index contributed by atoms with van der Waals surface area (Å²) in [6.45, 7) is 2.48. The number of para-hydroxylation sites is 1. The topological polar surface area (TPSA) is 48.7 Å². The van der Waals surface area contributed by atoms with Crippen LogP contribution in [0.3, 0.4) is 0 Å². The maximum absolute atomic E-state index is 11.7. The van der Waals surface area contributed by atoms with Gasteiger partial charge in [0.1, 0.15) is 12.4 Å². The average molecular weight is 424 g/mol. The Morgan fingerprint density at radius 2 is 2.00 bits per heavy atom. The zero-order chi connectivity index (χ0) is 17.8. The van der Waals surface area contributed by atoms with Crippen LogP contribution in [0.4, 0.5) is 0 Å². The van der Waals surface area contributed by atoms with Crippen LogP contribution in [0, 0.1) is 0 Å². The Morgan fingerprint density at radius 1 is 1.20 bits per heavy atom. The molecule has 1 heterocycles. The lowest BCUT2D eigenvalue weighted by Crippen LogP contribution is -2.09. The van der Waals surface area contributed by atoms with Gasteiger partial charge in [-0.2, -0.15) is 0 Å². The smallest absolute Gasteiger partial charge is 0.310 e. The van der Waals surface area contributed by atoms with Crippen LogP contribution in [0.2, 0.25) is 5.22 Å². The number of hydrogen-bond acceptors (Lipinski definition) is 4. The van der Waals surface area contributed by atoms with E-state index >= 15 is 0 Å². The highest BCUT2D eigenvalue weighted by Crippen LogP contribution is 2.32. The summed E-state index contributed by atoms with van der Waals surface area (Å²) in [5, 5.41) is 1.22. The predicted molar refractivity (Wildman–Crippen MR) is 100 cm³/mol. The average Bonchev–Trinajstić information content (AvgIpc) is 2.98. The van der Waals surface area contributed by atoms with Crippen molar-refractivity contribution in [2.45, 2.75) is 20.0 Å². The van der Waals surface area contributed by atoms with E-state index in [1.165, 1.54) is 0 Å². The minimum Gasteiger partial charge on any atom is -0.489 e. The van der Waals surface area contributed by atoms with E-state index in [2.05, 4.69) is 15.9 Å². The Kier molecular flexibility index (Phi) is 5.66. The molecule has 2 aromatic carbocycles. The molecule has 0 aliphatic rings. The monoisotopic (exact) mass is 422 g/mol. The first-order valence-electron chi connectivity index (χ1n) is 7.81. The molecule has 6 heteroatoms. The summed E-state index contributed by atoms with van der Waals surface area (Å²) in [5.41, 5.74) is 2.42. The van der Waals surface area contributed by atoms with Crippen LogP contribution in [-0.2, 0) is 22.6 Å². The fraction of sp³-hybridized carbons (Fsp3) is 0.211. The van der Waals surface area contributed by atoms with Crippen LogP contribution < -0.4 is 4.74 Å². The maximum atomic E-state index is 11.7. The zero-order valence-electron chi connectivity index (χ0n) is 13.6. The second-order valence-corrected chi connectivity index (χ2v) is 6.60. The van der Waals surface area contributed by atoms with Crippen molar-refractivity contribution < 1.29 is 18.7 Å². The van der Waals surface area contributed by atoms with Gasteiger partial charge in [-0.1, -0.05) is 24.3 Å². The van der Waals surface area contributed by atoms with Gasteiger partial charge in [0.2, 0.25) is 0 Å². The molecule has 0 radical (unpaired) electrons. The number of rotatable bonds is 6. The number of hydrogen-bond donors (Lipinski definition) is 0. The van der Waals surface area contributed by atoms with Gasteiger partial charge in [0.05, 0.1) is 17.5 Å². The van der Waals surface area contributed by atoms with Gasteiger partial charge in [0, 0.05) is 22.6 Å². The minimum atomic E-state index is -0.272. The molecule has 0 atom stereocenters. The van der Waals surface area contributed by atoms with Gasteiger partial charge in [0.15, 0.2) is 10.8 Å². The van der Waals surface area contributed by atoms with Crippen molar-refractivity contribution in [3.8, 4) is 5.75 Å². The van der Waals surface area contributed by atoms with E-state index < -0.39 is 0 Å². The number of ether oxygens (including phenoxy) is 2. The molecule has 0 saturated heterocycles. The summed E-state index contributed by atoms with van der Waals surface area (Å²) in [7, 11) is 0. The number of esters is 1. The highest BCUT2D eigenvalue weighted by atomic mass is 79.9. The highest BCUT2D eigenvalue weighted by Gasteiger charge is 2.13. The number of carbonyl (C=O) groups is 1. The Hall–Kier alpha value is -1.98. The van der Waals surface area contributed by atoms with Crippen LogP contribution in [-0.4, -0.2) is 12.6 Å². The number of furan rings is 1. The maximum Gasteiger partial charge on any atom is 0.310 e. The molecule has 0 bridgehead atoms. The lowest BCUT2D eigenvalue weighted by molar-refractivity contribution is -0.142. The Labute approximate surface area is 158 Å². The number of halogens is 2. The fourth-order valence-electron chi connectivity index (χ4n) is 2.56. The molecule has 3 aromatic rings. The molecule has 130 valence electrons. The highest BCUT2D eigenvalue weighted by molar-refractivity contribution is 9.10.